The molecule has 3 aromatic rings. The number of hydrogen-bond acceptors (Lipinski definition) is 4. The first-order chi connectivity index (χ1) is 11.7. The highest BCUT2D eigenvalue weighted by Gasteiger charge is 2.22. The molecule has 1 aromatic heterocycles. The molecular formula is C18H15FN4O. The lowest BCUT2D eigenvalue weighted by atomic mass is 10.0. The largest absolute Gasteiger partial charge is 0.497 e. The number of aromatic nitrogens is 3. The zero-order valence-electron chi connectivity index (χ0n) is 13.0. The molecule has 0 spiro atoms. The van der Waals surface area contributed by atoms with Crippen LogP contribution in [0.25, 0.3) is 5.70 Å². The second-order valence-corrected chi connectivity index (χ2v) is 5.49. The predicted octanol–water partition coefficient (Wildman–Crippen LogP) is 3.48. The quantitative estimate of drug-likeness (QED) is 0.802. The average molecular weight is 322 g/mol. The Labute approximate surface area is 138 Å². The topological polar surface area (TPSA) is 52.0 Å². The van der Waals surface area contributed by atoms with Gasteiger partial charge in [-0.1, -0.05) is 12.1 Å². The van der Waals surface area contributed by atoms with Crippen molar-refractivity contribution in [2.45, 2.75) is 6.04 Å². The van der Waals surface area contributed by atoms with Crippen LogP contribution >= 0.6 is 0 Å². The van der Waals surface area contributed by atoms with Crippen molar-refractivity contribution in [2.75, 3.05) is 12.4 Å². The molecule has 0 bridgehead atoms. The van der Waals surface area contributed by atoms with Gasteiger partial charge in [0, 0.05) is 5.70 Å². The van der Waals surface area contributed by atoms with Gasteiger partial charge in [0.05, 0.1) is 13.2 Å². The minimum absolute atomic E-state index is 0.103. The number of fused-ring (bicyclic) bond motifs is 1. The molecule has 120 valence electrons. The van der Waals surface area contributed by atoms with Gasteiger partial charge >= 0.3 is 0 Å². The molecule has 6 heteroatoms. The fraction of sp³-hybridized carbons (Fsp3) is 0.111. The zero-order chi connectivity index (χ0) is 16.5. The van der Waals surface area contributed by atoms with Crippen molar-refractivity contribution < 1.29 is 9.13 Å². The molecular weight excluding hydrogens is 307 g/mol. The summed E-state index contributed by atoms with van der Waals surface area (Å²) in [7, 11) is 1.64. The van der Waals surface area contributed by atoms with Gasteiger partial charge in [-0.2, -0.15) is 0 Å². The molecule has 1 aliphatic heterocycles. The van der Waals surface area contributed by atoms with E-state index in [1.54, 1.807) is 25.6 Å². The Balaban J connectivity index is 1.76. The molecule has 0 saturated heterocycles. The molecule has 5 nitrogen and oxygen atoms in total. The number of ether oxygens (including phenoxy) is 1. The Morgan fingerprint density at radius 1 is 1.08 bits per heavy atom. The van der Waals surface area contributed by atoms with E-state index in [0.717, 1.165) is 22.6 Å². The molecule has 2 aromatic carbocycles. The SMILES string of the molecule is COc1ccc(C2=CC(c3ccc(F)cc3)n3cnnc3N2)cc1. The Hall–Kier alpha value is -3.15. The number of anilines is 1. The first kappa shape index (κ1) is 14.4. The summed E-state index contributed by atoms with van der Waals surface area (Å²) in [6, 6.07) is 14.1. The second-order valence-electron chi connectivity index (χ2n) is 5.49. The summed E-state index contributed by atoms with van der Waals surface area (Å²) < 4.78 is 20.3. The second kappa shape index (κ2) is 5.81. The number of benzene rings is 2. The van der Waals surface area contributed by atoms with Gasteiger partial charge < -0.3 is 10.1 Å². The van der Waals surface area contributed by atoms with Crippen LogP contribution in [-0.4, -0.2) is 21.9 Å². The van der Waals surface area contributed by atoms with E-state index in [9.17, 15) is 4.39 Å². The molecule has 0 fully saturated rings. The van der Waals surface area contributed by atoms with Crippen LogP contribution in [0.15, 0.2) is 60.9 Å². The van der Waals surface area contributed by atoms with Crippen molar-refractivity contribution in [2.24, 2.45) is 0 Å². The maximum atomic E-state index is 13.2. The highest BCUT2D eigenvalue weighted by atomic mass is 19.1. The van der Waals surface area contributed by atoms with Crippen molar-refractivity contribution in [3.05, 3.63) is 77.9 Å². The molecule has 0 aliphatic carbocycles. The fourth-order valence-corrected chi connectivity index (χ4v) is 2.79. The third-order valence-corrected chi connectivity index (χ3v) is 4.06. The summed E-state index contributed by atoms with van der Waals surface area (Å²) in [6.45, 7) is 0. The van der Waals surface area contributed by atoms with Gasteiger partial charge in [-0.3, -0.25) is 4.57 Å². The summed E-state index contributed by atoms with van der Waals surface area (Å²) in [5.74, 6) is 1.20. The van der Waals surface area contributed by atoms with Gasteiger partial charge in [0.25, 0.3) is 0 Å². The number of halogens is 1. The van der Waals surface area contributed by atoms with Crippen LogP contribution in [0.1, 0.15) is 17.2 Å². The third kappa shape index (κ3) is 2.52. The number of methoxy groups -OCH3 is 1. The molecule has 0 radical (unpaired) electrons. The Morgan fingerprint density at radius 3 is 2.54 bits per heavy atom. The van der Waals surface area contributed by atoms with E-state index in [2.05, 4.69) is 21.6 Å². The predicted molar refractivity (Wildman–Crippen MR) is 89.2 cm³/mol. The lowest BCUT2D eigenvalue weighted by molar-refractivity contribution is 0.415. The summed E-state index contributed by atoms with van der Waals surface area (Å²) >= 11 is 0. The maximum Gasteiger partial charge on any atom is 0.229 e. The number of hydrogen-bond donors (Lipinski definition) is 1. The van der Waals surface area contributed by atoms with Crippen LogP contribution in [0.2, 0.25) is 0 Å². The molecule has 2 heterocycles. The normalized spacial score (nSPS) is 16.1. The van der Waals surface area contributed by atoms with E-state index < -0.39 is 0 Å². The van der Waals surface area contributed by atoms with Crippen molar-refractivity contribution in [1.82, 2.24) is 14.8 Å². The van der Waals surface area contributed by atoms with Crippen LogP contribution in [0, 0.1) is 5.82 Å². The lowest BCUT2D eigenvalue weighted by Gasteiger charge is -2.25. The van der Waals surface area contributed by atoms with Crippen LogP contribution in [-0.2, 0) is 0 Å². The molecule has 0 amide bonds. The summed E-state index contributed by atoms with van der Waals surface area (Å²) in [4.78, 5) is 0. The number of rotatable bonds is 3. The molecule has 4 rings (SSSR count). The van der Waals surface area contributed by atoms with Crippen molar-refractivity contribution >= 4 is 11.6 Å². The van der Waals surface area contributed by atoms with E-state index in [0.29, 0.717) is 5.95 Å². The molecule has 24 heavy (non-hydrogen) atoms. The van der Waals surface area contributed by atoms with E-state index in [1.807, 2.05) is 28.8 Å². The molecule has 1 atom stereocenters. The Morgan fingerprint density at radius 2 is 1.83 bits per heavy atom. The fourth-order valence-electron chi connectivity index (χ4n) is 2.79. The van der Waals surface area contributed by atoms with Crippen LogP contribution in [0.3, 0.4) is 0 Å². The smallest absolute Gasteiger partial charge is 0.229 e. The molecule has 0 saturated carbocycles. The van der Waals surface area contributed by atoms with E-state index in [1.165, 1.54) is 12.1 Å². The zero-order valence-corrected chi connectivity index (χ0v) is 13.0. The van der Waals surface area contributed by atoms with E-state index in [-0.39, 0.29) is 11.9 Å². The molecule has 1 unspecified atom stereocenters. The Kier molecular flexibility index (Phi) is 3.49. The van der Waals surface area contributed by atoms with Gasteiger partial charge in [-0.25, -0.2) is 4.39 Å². The van der Waals surface area contributed by atoms with Crippen molar-refractivity contribution in [3.63, 3.8) is 0 Å². The Bertz CT molecular complexity index is 884. The minimum Gasteiger partial charge on any atom is -0.497 e. The highest BCUT2D eigenvalue weighted by molar-refractivity contribution is 5.77. The lowest BCUT2D eigenvalue weighted by Crippen LogP contribution is -2.18. The first-order valence-corrected chi connectivity index (χ1v) is 7.53. The van der Waals surface area contributed by atoms with Gasteiger partial charge in [-0.05, 0) is 53.6 Å². The molecule has 1 aliphatic rings. The van der Waals surface area contributed by atoms with Crippen molar-refractivity contribution in [1.29, 1.82) is 0 Å². The van der Waals surface area contributed by atoms with Crippen LogP contribution < -0.4 is 10.1 Å². The highest BCUT2D eigenvalue weighted by Crippen LogP contribution is 2.32. The van der Waals surface area contributed by atoms with Gasteiger partial charge in [0.2, 0.25) is 5.95 Å². The standard InChI is InChI=1S/C18H15FN4O/c1-24-15-8-4-12(5-9-15)16-10-17(13-2-6-14(19)7-3-13)23-11-20-22-18(23)21-16/h2-11,17H,1H3,(H,21,22). The third-order valence-electron chi connectivity index (χ3n) is 4.06. The van der Waals surface area contributed by atoms with Crippen LogP contribution in [0.4, 0.5) is 10.3 Å². The van der Waals surface area contributed by atoms with Crippen molar-refractivity contribution in [3.8, 4) is 5.75 Å². The monoisotopic (exact) mass is 322 g/mol. The van der Waals surface area contributed by atoms with Crippen LogP contribution in [0.5, 0.6) is 5.75 Å². The molecule has 1 N–H and O–H groups in total. The first-order valence-electron chi connectivity index (χ1n) is 7.53. The number of nitrogens with zero attached hydrogens (tertiary/aromatic N) is 3. The van der Waals surface area contributed by atoms with E-state index in [4.69, 9.17) is 4.74 Å². The summed E-state index contributed by atoms with van der Waals surface area (Å²) in [6.07, 6.45) is 3.74. The minimum atomic E-state index is -0.254. The average Bonchev–Trinajstić information content (AvgIpc) is 3.10. The number of nitrogens with one attached hydrogen (secondary N) is 1. The number of allylic oxidation sites excluding steroid dienone is 1. The van der Waals surface area contributed by atoms with E-state index >= 15 is 0 Å². The summed E-state index contributed by atoms with van der Waals surface area (Å²) in [5, 5.41) is 11.4. The summed E-state index contributed by atoms with van der Waals surface area (Å²) in [5.41, 5.74) is 2.90. The van der Waals surface area contributed by atoms with Gasteiger partial charge in [0.15, 0.2) is 0 Å². The maximum absolute atomic E-state index is 13.2. The van der Waals surface area contributed by atoms with Gasteiger partial charge in [0.1, 0.15) is 17.9 Å². The van der Waals surface area contributed by atoms with Gasteiger partial charge in [-0.15, -0.1) is 10.2 Å².